The normalized spacial score (nSPS) is 15.6. The van der Waals surface area contributed by atoms with Gasteiger partial charge in [0.25, 0.3) is 0 Å². The molecule has 3 rings (SSSR count). The van der Waals surface area contributed by atoms with Crippen LogP contribution in [0.3, 0.4) is 0 Å². The quantitative estimate of drug-likeness (QED) is 0.710. The van der Waals surface area contributed by atoms with Gasteiger partial charge in [-0.05, 0) is 42.7 Å². The minimum Gasteiger partial charge on any atom is -0.497 e. The zero-order valence-electron chi connectivity index (χ0n) is 16.7. The summed E-state index contributed by atoms with van der Waals surface area (Å²) in [5.41, 5.74) is 0.388. The predicted molar refractivity (Wildman–Crippen MR) is 116 cm³/mol. The fourth-order valence-electron chi connectivity index (χ4n) is 3.74. The van der Waals surface area contributed by atoms with Gasteiger partial charge in [-0.25, -0.2) is 4.79 Å². The summed E-state index contributed by atoms with van der Waals surface area (Å²) in [5.74, 6) is 0.416. The second kappa shape index (κ2) is 9.55. The largest absolute Gasteiger partial charge is 0.497 e. The maximum atomic E-state index is 12.9. The number of para-hydroxylation sites is 2. The van der Waals surface area contributed by atoms with Crippen molar-refractivity contribution >= 4 is 34.4 Å². The Kier molecular flexibility index (Phi) is 7.57. The molecule has 10 heteroatoms. The first-order valence-corrected chi connectivity index (χ1v) is 10.6. The minimum absolute atomic E-state index is 0. The van der Waals surface area contributed by atoms with Gasteiger partial charge in [0, 0.05) is 13.1 Å². The summed E-state index contributed by atoms with van der Waals surface area (Å²) in [6.45, 7) is 0.995. The molecule has 1 aliphatic heterocycles. The number of carbonyl (C=O) groups excluding carboxylic acids is 1. The Labute approximate surface area is 182 Å². The standard InChI is InChI=1S/C20H24N2O6S.ClH/c1-26-16-7-5-6-15(14-16)20(19(23)28-29(21,24)25)10-12-22(13-11-20)17-8-3-4-9-18(17)27-2;/h3-9,14H,10-13H2,1-2H3,(H2,21,24,25);1H. The molecule has 0 unspecified atom stereocenters. The van der Waals surface area contributed by atoms with Crippen LogP contribution in [0.4, 0.5) is 5.69 Å². The summed E-state index contributed by atoms with van der Waals surface area (Å²) >= 11 is 0. The molecule has 1 fully saturated rings. The monoisotopic (exact) mass is 456 g/mol. The first-order chi connectivity index (χ1) is 13.8. The van der Waals surface area contributed by atoms with Crippen LogP contribution in [0.2, 0.25) is 0 Å². The highest BCUT2D eigenvalue weighted by molar-refractivity contribution is 7.84. The number of halogens is 1. The third kappa shape index (κ3) is 4.97. The van der Waals surface area contributed by atoms with Gasteiger partial charge in [0.2, 0.25) is 0 Å². The van der Waals surface area contributed by atoms with Crippen LogP contribution in [0.5, 0.6) is 11.5 Å². The lowest BCUT2D eigenvalue weighted by Gasteiger charge is -2.41. The lowest BCUT2D eigenvalue weighted by molar-refractivity contribution is -0.141. The third-order valence-corrected chi connectivity index (χ3v) is 5.63. The average molecular weight is 457 g/mol. The van der Waals surface area contributed by atoms with E-state index in [1.807, 2.05) is 24.3 Å². The average Bonchev–Trinajstić information content (AvgIpc) is 2.72. The van der Waals surface area contributed by atoms with Crippen molar-refractivity contribution in [3.05, 3.63) is 54.1 Å². The van der Waals surface area contributed by atoms with Crippen LogP contribution in [0.15, 0.2) is 48.5 Å². The van der Waals surface area contributed by atoms with E-state index in [9.17, 15) is 13.2 Å². The number of ether oxygens (including phenoxy) is 2. The van der Waals surface area contributed by atoms with Crippen LogP contribution in [-0.2, 0) is 24.7 Å². The molecule has 1 aliphatic rings. The second-order valence-electron chi connectivity index (χ2n) is 6.84. The number of hydrogen-bond acceptors (Lipinski definition) is 7. The van der Waals surface area contributed by atoms with E-state index >= 15 is 0 Å². The van der Waals surface area contributed by atoms with Gasteiger partial charge in [-0.2, -0.15) is 13.6 Å². The second-order valence-corrected chi connectivity index (χ2v) is 7.99. The van der Waals surface area contributed by atoms with Gasteiger partial charge in [-0.15, -0.1) is 12.4 Å². The van der Waals surface area contributed by atoms with Crippen molar-refractivity contribution in [1.82, 2.24) is 0 Å². The molecule has 0 atom stereocenters. The summed E-state index contributed by atoms with van der Waals surface area (Å²) < 4.78 is 38.2. The summed E-state index contributed by atoms with van der Waals surface area (Å²) in [5, 5.41) is 4.97. The van der Waals surface area contributed by atoms with Crippen molar-refractivity contribution in [3.8, 4) is 11.5 Å². The van der Waals surface area contributed by atoms with Gasteiger partial charge < -0.3 is 18.6 Å². The fourth-order valence-corrected chi connectivity index (χ4v) is 4.11. The lowest BCUT2D eigenvalue weighted by Crippen LogP contribution is -2.49. The first-order valence-electron chi connectivity index (χ1n) is 9.08. The highest BCUT2D eigenvalue weighted by Crippen LogP contribution is 2.41. The van der Waals surface area contributed by atoms with Gasteiger partial charge in [-0.3, -0.25) is 0 Å². The number of benzene rings is 2. The molecule has 30 heavy (non-hydrogen) atoms. The summed E-state index contributed by atoms with van der Waals surface area (Å²) in [6, 6.07) is 14.6. The number of nitrogens with zero attached hydrogens (tertiary/aromatic N) is 1. The first kappa shape index (κ1) is 23.8. The molecule has 0 aliphatic carbocycles. The van der Waals surface area contributed by atoms with Gasteiger partial charge in [0.1, 0.15) is 11.5 Å². The van der Waals surface area contributed by atoms with Crippen LogP contribution in [-0.4, -0.2) is 41.7 Å². The van der Waals surface area contributed by atoms with E-state index in [4.69, 9.17) is 14.6 Å². The van der Waals surface area contributed by atoms with Crippen LogP contribution >= 0.6 is 12.4 Å². The SMILES string of the molecule is COc1cccc(C2(C(=O)OS(N)(=O)=O)CCN(c3ccccc3OC)CC2)c1.Cl. The molecule has 0 radical (unpaired) electrons. The molecule has 0 amide bonds. The smallest absolute Gasteiger partial charge is 0.382 e. The van der Waals surface area contributed by atoms with Crippen molar-refractivity contribution in [2.45, 2.75) is 18.3 Å². The van der Waals surface area contributed by atoms with Crippen molar-refractivity contribution < 1.29 is 26.9 Å². The van der Waals surface area contributed by atoms with Crippen molar-refractivity contribution in [3.63, 3.8) is 0 Å². The molecule has 0 aromatic heterocycles. The van der Waals surface area contributed by atoms with E-state index in [-0.39, 0.29) is 12.4 Å². The van der Waals surface area contributed by atoms with Crippen molar-refractivity contribution in [1.29, 1.82) is 0 Å². The van der Waals surface area contributed by atoms with Gasteiger partial charge in [0.15, 0.2) is 0 Å². The summed E-state index contributed by atoms with van der Waals surface area (Å²) in [7, 11) is -1.29. The Hall–Kier alpha value is -2.49. The number of anilines is 1. The van der Waals surface area contributed by atoms with E-state index in [2.05, 4.69) is 9.08 Å². The molecule has 1 saturated heterocycles. The molecular formula is C20H25ClN2O6S. The number of rotatable bonds is 6. The lowest BCUT2D eigenvalue weighted by atomic mass is 9.72. The van der Waals surface area contributed by atoms with Crippen LogP contribution in [0, 0.1) is 0 Å². The molecule has 0 spiro atoms. The van der Waals surface area contributed by atoms with Crippen molar-refractivity contribution in [2.75, 3.05) is 32.2 Å². The zero-order valence-corrected chi connectivity index (χ0v) is 18.4. The minimum atomic E-state index is -4.43. The van der Waals surface area contributed by atoms with Gasteiger partial charge in [-0.1, -0.05) is 24.3 Å². The molecular weight excluding hydrogens is 432 g/mol. The Bertz CT molecular complexity index is 990. The topological polar surface area (TPSA) is 108 Å². The number of piperidine rings is 1. The van der Waals surface area contributed by atoms with Crippen LogP contribution in [0.1, 0.15) is 18.4 Å². The maximum Gasteiger partial charge on any atom is 0.382 e. The van der Waals surface area contributed by atoms with E-state index in [0.29, 0.717) is 37.2 Å². The molecule has 164 valence electrons. The van der Waals surface area contributed by atoms with E-state index in [1.165, 1.54) is 7.11 Å². The Morgan fingerprint density at radius 1 is 1.03 bits per heavy atom. The van der Waals surface area contributed by atoms with E-state index in [1.54, 1.807) is 31.4 Å². The predicted octanol–water partition coefficient (Wildman–Crippen LogP) is 2.41. The van der Waals surface area contributed by atoms with Crippen LogP contribution < -0.4 is 19.5 Å². The third-order valence-electron chi connectivity index (χ3n) is 5.25. The molecule has 2 aromatic carbocycles. The molecule has 2 N–H and O–H groups in total. The Balaban J connectivity index is 0.00000320. The number of carbonyl (C=O) groups is 1. The Morgan fingerprint density at radius 3 is 2.30 bits per heavy atom. The summed E-state index contributed by atoms with van der Waals surface area (Å²) in [4.78, 5) is 15.0. The molecule has 0 saturated carbocycles. The van der Waals surface area contributed by atoms with E-state index < -0.39 is 21.7 Å². The van der Waals surface area contributed by atoms with Gasteiger partial charge >= 0.3 is 16.3 Å². The molecule has 2 aromatic rings. The number of nitrogens with two attached hydrogens (primary N) is 1. The number of hydrogen-bond donors (Lipinski definition) is 1. The Morgan fingerprint density at radius 2 is 1.70 bits per heavy atom. The summed E-state index contributed by atoms with van der Waals surface area (Å²) in [6.07, 6.45) is 0.680. The van der Waals surface area contributed by atoms with E-state index in [0.717, 1.165) is 11.4 Å². The molecule has 0 bridgehead atoms. The zero-order chi connectivity index (χ0) is 21.1. The van der Waals surface area contributed by atoms with Gasteiger partial charge in [0.05, 0.1) is 25.3 Å². The fraction of sp³-hybridized carbons (Fsp3) is 0.350. The highest BCUT2D eigenvalue weighted by atomic mass is 35.5. The van der Waals surface area contributed by atoms with Crippen LogP contribution in [0.25, 0.3) is 0 Å². The molecule has 1 heterocycles. The number of methoxy groups -OCH3 is 2. The maximum absolute atomic E-state index is 12.9. The molecule has 8 nitrogen and oxygen atoms in total. The highest BCUT2D eigenvalue weighted by Gasteiger charge is 2.46. The van der Waals surface area contributed by atoms with Crippen molar-refractivity contribution in [2.24, 2.45) is 5.14 Å².